The van der Waals surface area contributed by atoms with E-state index in [1.165, 1.54) is 4.90 Å². The predicted molar refractivity (Wildman–Crippen MR) is 125 cm³/mol. The molecule has 0 saturated carbocycles. The number of fused-ring (bicyclic) bond motifs is 1. The minimum absolute atomic E-state index is 0.00953. The molecule has 0 bridgehead atoms. The number of amides is 3. The number of hydrogen-bond donors (Lipinski definition) is 0. The standard InChI is InChI=1S/C24H25N5O4S/c1-15-19(26-33-25-15)13-29-23(31)18-6-3-7-20(21(18)24(29)32)28-9-4-5-17(12-28)22(30)27(2)11-16-8-10-34-14-16/h3,6-8,10,14,17H,4-5,9,11-13H2,1-2H3/t17-/m1/s1. The first-order valence-electron chi connectivity index (χ1n) is 11.2. The molecule has 3 amide bonds. The average molecular weight is 480 g/mol. The largest absolute Gasteiger partial charge is 0.370 e. The van der Waals surface area contributed by atoms with Gasteiger partial charge in [0.05, 0.1) is 29.3 Å². The maximum Gasteiger partial charge on any atom is 0.264 e. The lowest BCUT2D eigenvalue weighted by Gasteiger charge is -2.36. The minimum atomic E-state index is -0.360. The van der Waals surface area contributed by atoms with Gasteiger partial charge < -0.3 is 9.80 Å². The molecule has 0 unspecified atom stereocenters. The molecule has 3 aromatic rings. The minimum Gasteiger partial charge on any atom is -0.370 e. The lowest BCUT2D eigenvalue weighted by molar-refractivity contribution is -0.135. The SMILES string of the molecule is Cc1nonc1CN1C(=O)c2cccc(N3CCC[C@@H](C(=O)N(C)Cc4ccsc4)C3)c2C1=O. The van der Waals surface area contributed by atoms with Crippen molar-refractivity contribution >= 4 is 34.7 Å². The zero-order valence-electron chi connectivity index (χ0n) is 19.1. The first-order valence-corrected chi connectivity index (χ1v) is 12.2. The van der Waals surface area contributed by atoms with Crippen molar-refractivity contribution in [2.24, 2.45) is 5.92 Å². The third-order valence-electron chi connectivity index (χ3n) is 6.52. The Morgan fingerprint density at radius 1 is 1.24 bits per heavy atom. The Morgan fingerprint density at radius 2 is 2.09 bits per heavy atom. The van der Waals surface area contributed by atoms with E-state index >= 15 is 0 Å². The third-order valence-corrected chi connectivity index (χ3v) is 7.25. The van der Waals surface area contributed by atoms with Gasteiger partial charge in [-0.15, -0.1) is 0 Å². The number of anilines is 1. The van der Waals surface area contributed by atoms with Crippen LogP contribution in [-0.2, 0) is 17.9 Å². The van der Waals surface area contributed by atoms with Crippen LogP contribution in [0, 0.1) is 12.8 Å². The Labute approximate surface area is 200 Å². The Kier molecular flexibility index (Phi) is 5.91. The van der Waals surface area contributed by atoms with Crippen molar-refractivity contribution in [1.82, 2.24) is 20.1 Å². The van der Waals surface area contributed by atoms with Crippen LogP contribution in [0.15, 0.2) is 39.7 Å². The number of carbonyl (C=O) groups is 3. The summed E-state index contributed by atoms with van der Waals surface area (Å²) < 4.78 is 4.72. The molecule has 1 aromatic carbocycles. The summed E-state index contributed by atoms with van der Waals surface area (Å²) in [4.78, 5) is 44.6. The van der Waals surface area contributed by atoms with E-state index in [0.717, 1.165) is 24.9 Å². The summed E-state index contributed by atoms with van der Waals surface area (Å²) in [6, 6.07) is 7.35. The molecule has 5 rings (SSSR count). The molecule has 2 aromatic heterocycles. The number of aryl methyl sites for hydroxylation is 1. The monoisotopic (exact) mass is 479 g/mol. The summed E-state index contributed by atoms with van der Waals surface area (Å²) in [5, 5.41) is 11.6. The Bertz CT molecular complexity index is 1240. The van der Waals surface area contributed by atoms with Gasteiger partial charge >= 0.3 is 0 Å². The summed E-state index contributed by atoms with van der Waals surface area (Å²) in [6.07, 6.45) is 1.64. The zero-order valence-corrected chi connectivity index (χ0v) is 19.9. The van der Waals surface area contributed by atoms with Crippen LogP contribution in [0.1, 0.15) is 50.5 Å². The van der Waals surface area contributed by atoms with E-state index in [-0.39, 0.29) is 30.2 Å². The number of carbonyl (C=O) groups excluding carboxylic acids is 3. The predicted octanol–water partition coefficient (Wildman–Crippen LogP) is 3.11. The Morgan fingerprint density at radius 3 is 2.82 bits per heavy atom. The van der Waals surface area contributed by atoms with Crippen molar-refractivity contribution in [2.45, 2.75) is 32.9 Å². The molecule has 10 heteroatoms. The van der Waals surface area contributed by atoms with E-state index < -0.39 is 0 Å². The van der Waals surface area contributed by atoms with Gasteiger partial charge in [0.1, 0.15) is 11.4 Å². The molecule has 2 aliphatic heterocycles. The van der Waals surface area contributed by atoms with E-state index in [9.17, 15) is 14.4 Å². The van der Waals surface area contributed by atoms with Gasteiger partial charge in [-0.2, -0.15) is 11.3 Å². The van der Waals surface area contributed by atoms with Crippen LogP contribution >= 0.6 is 11.3 Å². The first kappa shape index (κ1) is 22.3. The third kappa shape index (κ3) is 3.98. The molecule has 176 valence electrons. The van der Waals surface area contributed by atoms with Crippen molar-refractivity contribution in [3.8, 4) is 0 Å². The van der Waals surface area contributed by atoms with Gasteiger partial charge in [-0.25, -0.2) is 4.63 Å². The van der Waals surface area contributed by atoms with Crippen molar-refractivity contribution < 1.29 is 19.0 Å². The van der Waals surface area contributed by atoms with E-state index in [0.29, 0.717) is 41.3 Å². The summed E-state index contributed by atoms with van der Waals surface area (Å²) >= 11 is 1.62. The molecule has 4 heterocycles. The quantitative estimate of drug-likeness (QED) is 0.501. The molecule has 0 spiro atoms. The second-order valence-electron chi connectivity index (χ2n) is 8.80. The molecule has 34 heavy (non-hydrogen) atoms. The molecule has 0 radical (unpaired) electrons. The smallest absolute Gasteiger partial charge is 0.264 e. The highest BCUT2D eigenvalue weighted by atomic mass is 32.1. The Hall–Kier alpha value is -3.53. The molecule has 1 saturated heterocycles. The van der Waals surface area contributed by atoms with Crippen molar-refractivity contribution in [3.63, 3.8) is 0 Å². The number of rotatable bonds is 6. The number of aromatic nitrogens is 2. The van der Waals surface area contributed by atoms with Crippen LogP contribution in [0.25, 0.3) is 0 Å². The fourth-order valence-electron chi connectivity index (χ4n) is 4.71. The maximum absolute atomic E-state index is 13.3. The Balaban J connectivity index is 1.35. The van der Waals surface area contributed by atoms with Crippen molar-refractivity contribution in [2.75, 3.05) is 25.0 Å². The summed E-state index contributed by atoms with van der Waals surface area (Å²) in [6.45, 7) is 3.54. The van der Waals surface area contributed by atoms with Crippen LogP contribution < -0.4 is 4.90 Å². The highest BCUT2D eigenvalue weighted by molar-refractivity contribution is 7.07. The summed E-state index contributed by atoms with van der Waals surface area (Å²) in [5.41, 5.74) is 3.58. The van der Waals surface area contributed by atoms with Crippen LogP contribution in [0.2, 0.25) is 0 Å². The molecule has 0 N–H and O–H groups in total. The van der Waals surface area contributed by atoms with Crippen LogP contribution in [0.3, 0.4) is 0 Å². The van der Waals surface area contributed by atoms with Gasteiger partial charge in [0.25, 0.3) is 11.8 Å². The fraction of sp³-hybridized carbons (Fsp3) is 0.375. The topological polar surface area (TPSA) is 99.8 Å². The fourth-order valence-corrected chi connectivity index (χ4v) is 5.37. The second-order valence-corrected chi connectivity index (χ2v) is 9.58. The molecule has 1 atom stereocenters. The molecule has 0 aliphatic carbocycles. The van der Waals surface area contributed by atoms with Crippen molar-refractivity contribution in [1.29, 1.82) is 0 Å². The number of imide groups is 1. The van der Waals surface area contributed by atoms with Gasteiger partial charge in [0.15, 0.2) is 0 Å². The molecule has 2 aliphatic rings. The summed E-state index contributed by atoms with van der Waals surface area (Å²) in [7, 11) is 1.83. The zero-order chi connectivity index (χ0) is 23.8. The molecule has 9 nitrogen and oxygen atoms in total. The van der Waals surface area contributed by atoms with E-state index in [4.69, 9.17) is 4.63 Å². The van der Waals surface area contributed by atoms with Crippen LogP contribution in [0.4, 0.5) is 5.69 Å². The van der Waals surface area contributed by atoms with Crippen LogP contribution in [0.5, 0.6) is 0 Å². The van der Waals surface area contributed by atoms with Crippen molar-refractivity contribution in [3.05, 3.63) is 63.1 Å². The number of piperidine rings is 1. The molecular weight excluding hydrogens is 454 g/mol. The number of benzene rings is 1. The van der Waals surface area contributed by atoms with Crippen LogP contribution in [-0.4, -0.2) is 58.0 Å². The summed E-state index contributed by atoms with van der Waals surface area (Å²) in [5.74, 6) is -0.785. The number of thiophene rings is 1. The number of nitrogens with zero attached hydrogens (tertiary/aromatic N) is 5. The highest BCUT2D eigenvalue weighted by Crippen LogP contribution is 2.35. The van der Waals surface area contributed by atoms with E-state index in [1.54, 1.807) is 35.3 Å². The maximum atomic E-state index is 13.3. The normalized spacial score (nSPS) is 17.9. The molecule has 1 fully saturated rings. The van der Waals surface area contributed by atoms with Gasteiger partial charge in [-0.1, -0.05) is 16.4 Å². The molecular formula is C24H25N5O4S. The average Bonchev–Trinajstić information content (AvgIpc) is 3.57. The number of hydrogen-bond acceptors (Lipinski definition) is 8. The van der Waals surface area contributed by atoms with E-state index in [1.807, 2.05) is 24.6 Å². The van der Waals surface area contributed by atoms with Gasteiger partial charge in [0, 0.05) is 26.7 Å². The second kappa shape index (κ2) is 9.02. The first-order chi connectivity index (χ1) is 16.4. The van der Waals surface area contributed by atoms with Gasteiger partial charge in [-0.3, -0.25) is 19.3 Å². The van der Waals surface area contributed by atoms with Gasteiger partial charge in [-0.05, 0) is 54.3 Å². The lowest BCUT2D eigenvalue weighted by atomic mass is 9.95. The van der Waals surface area contributed by atoms with E-state index in [2.05, 4.69) is 20.6 Å². The highest BCUT2D eigenvalue weighted by Gasteiger charge is 2.40. The lowest BCUT2D eigenvalue weighted by Crippen LogP contribution is -2.44. The van der Waals surface area contributed by atoms with Gasteiger partial charge in [0.2, 0.25) is 5.91 Å².